The average Bonchev–Trinajstić information content (AvgIpc) is 2.79. The summed E-state index contributed by atoms with van der Waals surface area (Å²) in [6.07, 6.45) is 4.90. The molecule has 2 aromatic rings. The Morgan fingerprint density at radius 3 is 2.42 bits per heavy atom. The highest BCUT2D eigenvalue weighted by molar-refractivity contribution is 7.89. The monoisotopic (exact) mass is 444 g/mol. The highest BCUT2D eigenvalue weighted by Gasteiger charge is 2.29. The SMILES string of the molecule is CCOC(=O)c1cccc(NC(=O)c2cccc(S(=O)(=O)N(C)C3CCCCC3)c2)c1. The van der Waals surface area contributed by atoms with Crippen molar-refractivity contribution in [2.24, 2.45) is 0 Å². The van der Waals surface area contributed by atoms with Crippen molar-refractivity contribution in [2.75, 3.05) is 19.0 Å². The van der Waals surface area contributed by atoms with Gasteiger partial charge in [-0.1, -0.05) is 31.4 Å². The summed E-state index contributed by atoms with van der Waals surface area (Å²) in [7, 11) is -2.09. The molecule has 3 rings (SSSR count). The molecule has 1 saturated carbocycles. The molecule has 31 heavy (non-hydrogen) atoms. The highest BCUT2D eigenvalue weighted by atomic mass is 32.2. The van der Waals surface area contributed by atoms with E-state index in [0.29, 0.717) is 11.3 Å². The van der Waals surface area contributed by atoms with Gasteiger partial charge < -0.3 is 10.1 Å². The van der Waals surface area contributed by atoms with Gasteiger partial charge >= 0.3 is 5.97 Å². The Kier molecular flexibility index (Phi) is 7.46. The van der Waals surface area contributed by atoms with Crippen LogP contribution in [0.3, 0.4) is 0 Å². The zero-order chi connectivity index (χ0) is 22.4. The summed E-state index contributed by atoms with van der Waals surface area (Å²) >= 11 is 0. The second-order valence-corrected chi connectivity index (χ2v) is 9.59. The van der Waals surface area contributed by atoms with E-state index in [1.54, 1.807) is 44.3 Å². The summed E-state index contributed by atoms with van der Waals surface area (Å²) in [5, 5.41) is 2.71. The van der Waals surface area contributed by atoms with Gasteiger partial charge in [-0.05, 0) is 56.2 Å². The van der Waals surface area contributed by atoms with Crippen LogP contribution in [0.15, 0.2) is 53.4 Å². The maximum Gasteiger partial charge on any atom is 0.338 e. The quantitative estimate of drug-likeness (QED) is 0.650. The van der Waals surface area contributed by atoms with Gasteiger partial charge in [-0.2, -0.15) is 4.31 Å². The molecule has 0 aliphatic heterocycles. The van der Waals surface area contributed by atoms with Crippen LogP contribution in [0.25, 0.3) is 0 Å². The van der Waals surface area contributed by atoms with E-state index < -0.39 is 21.9 Å². The molecule has 1 amide bonds. The van der Waals surface area contributed by atoms with Crippen LogP contribution >= 0.6 is 0 Å². The normalized spacial score (nSPS) is 14.9. The van der Waals surface area contributed by atoms with E-state index in [1.807, 2.05) is 0 Å². The molecule has 0 atom stereocenters. The number of nitrogens with one attached hydrogen (secondary N) is 1. The minimum atomic E-state index is -3.70. The van der Waals surface area contributed by atoms with Crippen molar-refractivity contribution in [1.29, 1.82) is 0 Å². The highest BCUT2D eigenvalue weighted by Crippen LogP contribution is 2.27. The number of anilines is 1. The van der Waals surface area contributed by atoms with Gasteiger partial charge in [0.2, 0.25) is 10.0 Å². The second-order valence-electron chi connectivity index (χ2n) is 7.60. The molecule has 0 aromatic heterocycles. The third kappa shape index (κ3) is 5.51. The Labute approximate surface area is 183 Å². The molecule has 0 heterocycles. The molecule has 1 aliphatic rings. The van der Waals surface area contributed by atoms with Crippen molar-refractivity contribution in [2.45, 2.75) is 50.0 Å². The molecule has 8 heteroatoms. The van der Waals surface area contributed by atoms with Gasteiger partial charge in [0, 0.05) is 24.3 Å². The van der Waals surface area contributed by atoms with Crippen LogP contribution in [0.4, 0.5) is 5.69 Å². The number of amides is 1. The van der Waals surface area contributed by atoms with Crippen molar-refractivity contribution >= 4 is 27.6 Å². The molecule has 1 aliphatic carbocycles. The van der Waals surface area contributed by atoms with E-state index >= 15 is 0 Å². The number of benzene rings is 2. The summed E-state index contributed by atoms with van der Waals surface area (Å²) in [6.45, 7) is 1.97. The lowest BCUT2D eigenvalue weighted by atomic mass is 9.96. The number of esters is 1. The molecule has 0 bridgehead atoms. The number of carbonyl (C=O) groups excluding carboxylic acids is 2. The van der Waals surface area contributed by atoms with Crippen molar-refractivity contribution in [1.82, 2.24) is 4.31 Å². The topological polar surface area (TPSA) is 92.8 Å². The van der Waals surface area contributed by atoms with Gasteiger partial charge in [-0.15, -0.1) is 0 Å². The van der Waals surface area contributed by atoms with Gasteiger partial charge in [-0.25, -0.2) is 13.2 Å². The predicted octanol–water partition coefficient (Wildman–Crippen LogP) is 4.07. The number of rotatable bonds is 7. The fraction of sp³-hybridized carbons (Fsp3) is 0.391. The minimum Gasteiger partial charge on any atom is -0.462 e. The summed E-state index contributed by atoms with van der Waals surface area (Å²) in [4.78, 5) is 24.7. The predicted molar refractivity (Wildman–Crippen MR) is 119 cm³/mol. The summed E-state index contributed by atoms with van der Waals surface area (Å²) in [6, 6.07) is 12.4. The Hall–Kier alpha value is -2.71. The van der Waals surface area contributed by atoms with Crippen LogP contribution in [0.5, 0.6) is 0 Å². The molecule has 0 spiro atoms. The molecule has 1 N–H and O–H groups in total. The minimum absolute atomic E-state index is 0.0122. The summed E-state index contributed by atoms with van der Waals surface area (Å²) < 4.78 is 32.6. The lowest BCUT2D eigenvalue weighted by Crippen LogP contribution is -2.38. The molecule has 2 aromatic carbocycles. The maximum atomic E-state index is 13.1. The van der Waals surface area contributed by atoms with Gasteiger partial charge in [0.25, 0.3) is 5.91 Å². The van der Waals surface area contributed by atoms with Crippen molar-refractivity contribution in [3.05, 3.63) is 59.7 Å². The van der Waals surface area contributed by atoms with Crippen LogP contribution < -0.4 is 5.32 Å². The fourth-order valence-corrected chi connectivity index (χ4v) is 5.21. The van der Waals surface area contributed by atoms with E-state index in [-0.39, 0.29) is 23.1 Å². The maximum absolute atomic E-state index is 13.1. The van der Waals surface area contributed by atoms with Crippen LogP contribution in [0.2, 0.25) is 0 Å². The molecule has 1 fully saturated rings. The van der Waals surface area contributed by atoms with Crippen LogP contribution in [-0.2, 0) is 14.8 Å². The van der Waals surface area contributed by atoms with Crippen molar-refractivity contribution < 1.29 is 22.7 Å². The molecular formula is C23H28N2O5S. The van der Waals surface area contributed by atoms with Gasteiger partial charge in [0.05, 0.1) is 17.1 Å². The molecule has 0 saturated heterocycles. The summed E-state index contributed by atoms with van der Waals surface area (Å²) in [5.74, 6) is -0.934. The Morgan fingerprint density at radius 2 is 1.71 bits per heavy atom. The van der Waals surface area contributed by atoms with Crippen molar-refractivity contribution in [3.63, 3.8) is 0 Å². The first-order chi connectivity index (χ1) is 14.8. The standard InChI is InChI=1S/C23H28N2O5S/c1-3-30-23(27)18-10-7-11-19(15-18)24-22(26)17-9-8-14-21(16-17)31(28,29)25(2)20-12-5-4-6-13-20/h7-11,14-16,20H,3-6,12-13H2,1-2H3,(H,24,26). The third-order valence-corrected chi connectivity index (χ3v) is 7.40. The van der Waals surface area contributed by atoms with Crippen LogP contribution in [0, 0.1) is 0 Å². The number of nitrogens with zero attached hydrogens (tertiary/aromatic N) is 1. The smallest absolute Gasteiger partial charge is 0.338 e. The lowest BCUT2D eigenvalue weighted by molar-refractivity contribution is 0.0526. The molecule has 7 nitrogen and oxygen atoms in total. The average molecular weight is 445 g/mol. The van der Waals surface area contributed by atoms with Crippen molar-refractivity contribution in [3.8, 4) is 0 Å². The molecule has 0 unspecified atom stereocenters. The van der Waals surface area contributed by atoms with E-state index in [4.69, 9.17) is 4.74 Å². The molecule has 0 radical (unpaired) electrons. The first kappa shape index (κ1) is 23.0. The molecule has 166 valence electrons. The molecular weight excluding hydrogens is 416 g/mol. The van der Waals surface area contributed by atoms with Crippen LogP contribution in [0.1, 0.15) is 59.7 Å². The number of sulfonamides is 1. The number of carbonyl (C=O) groups is 2. The first-order valence-corrected chi connectivity index (χ1v) is 11.9. The second kappa shape index (κ2) is 10.1. The lowest BCUT2D eigenvalue weighted by Gasteiger charge is -2.30. The van der Waals surface area contributed by atoms with Gasteiger partial charge in [0.1, 0.15) is 0 Å². The van der Waals surface area contributed by atoms with Gasteiger partial charge in [0.15, 0.2) is 0 Å². The Bertz CT molecular complexity index is 1050. The zero-order valence-electron chi connectivity index (χ0n) is 17.8. The Balaban J connectivity index is 1.77. The van der Waals surface area contributed by atoms with E-state index in [9.17, 15) is 18.0 Å². The van der Waals surface area contributed by atoms with Crippen LogP contribution in [-0.4, -0.2) is 44.3 Å². The van der Waals surface area contributed by atoms with E-state index in [1.165, 1.54) is 22.5 Å². The van der Waals surface area contributed by atoms with E-state index in [0.717, 1.165) is 32.1 Å². The van der Waals surface area contributed by atoms with E-state index in [2.05, 4.69) is 5.32 Å². The number of hydrogen-bond donors (Lipinski definition) is 1. The summed E-state index contributed by atoms with van der Waals surface area (Å²) in [5.41, 5.74) is 0.966. The van der Waals surface area contributed by atoms with Gasteiger partial charge in [-0.3, -0.25) is 4.79 Å². The Morgan fingerprint density at radius 1 is 1.03 bits per heavy atom. The fourth-order valence-electron chi connectivity index (χ4n) is 3.75. The third-order valence-electron chi connectivity index (χ3n) is 5.49. The number of ether oxygens (including phenoxy) is 1. The number of hydrogen-bond acceptors (Lipinski definition) is 5. The largest absolute Gasteiger partial charge is 0.462 e. The first-order valence-electron chi connectivity index (χ1n) is 10.5. The zero-order valence-corrected chi connectivity index (χ0v) is 18.7.